The van der Waals surface area contributed by atoms with Crippen LogP contribution in [-0.4, -0.2) is 17.0 Å². The summed E-state index contributed by atoms with van der Waals surface area (Å²) in [5.74, 6) is -1.09. The molecule has 1 amide bonds. The molecule has 1 aromatic carbocycles. The number of carbonyl (C=O) groups is 2. The Morgan fingerprint density at radius 3 is 2.55 bits per heavy atom. The maximum absolute atomic E-state index is 12.5. The van der Waals surface area contributed by atoms with E-state index in [-0.39, 0.29) is 16.9 Å². The number of anilines is 1. The second-order valence-corrected chi connectivity index (χ2v) is 5.70. The molecule has 0 radical (unpaired) electrons. The molecular formula is C15H18ClNO3. The molecule has 0 spiro atoms. The number of benzene rings is 1. The topological polar surface area (TPSA) is 66.4 Å². The molecule has 2 N–H and O–H groups in total. The molecule has 0 saturated heterocycles. The van der Waals surface area contributed by atoms with E-state index in [9.17, 15) is 9.59 Å². The van der Waals surface area contributed by atoms with Gasteiger partial charge >= 0.3 is 5.97 Å². The summed E-state index contributed by atoms with van der Waals surface area (Å²) in [5.41, 5.74) is 0.153. The highest BCUT2D eigenvalue weighted by atomic mass is 35.5. The molecule has 4 nitrogen and oxygen atoms in total. The van der Waals surface area contributed by atoms with E-state index in [2.05, 4.69) is 5.32 Å². The van der Waals surface area contributed by atoms with Gasteiger partial charge < -0.3 is 10.4 Å². The molecule has 0 heterocycles. The standard InChI is InChI=1S/C15H18ClNO3/c1-2-15(7-3-4-8-15)14(20)17-12-9-10(13(18)19)5-6-11(12)16/h5-6,9H,2-4,7-8H2,1H3,(H,17,20)(H,18,19). The van der Waals surface area contributed by atoms with Gasteiger partial charge in [-0.1, -0.05) is 31.4 Å². The van der Waals surface area contributed by atoms with E-state index in [4.69, 9.17) is 16.7 Å². The van der Waals surface area contributed by atoms with Gasteiger partial charge in [-0.3, -0.25) is 4.79 Å². The molecule has 0 aliphatic heterocycles. The second kappa shape index (κ2) is 5.83. The molecule has 1 saturated carbocycles. The Morgan fingerprint density at radius 2 is 2.00 bits per heavy atom. The number of amides is 1. The van der Waals surface area contributed by atoms with Gasteiger partial charge in [-0.25, -0.2) is 4.79 Å². The highest BCUT2D eigenvalue weighted by Crippen LogP contribution is 2.42. The van der Waals surface area contributed by atoms with E-state index in [1.165, 1.54) is 18.2 Å². The summed E-state index contributed by atoms with van der Waals surface area (Å²) in [5, 5.41) is 12.1. The maximum atomic E-state index is 12.5. The highest BCUT2D eigenvalue weighted by Gasteiger charge is 2.39. The van der Waals surface area contributed by atoms with Crippen LogP contribution in [0.5, 0.6) is 0 Å². The fourth-order valence-electron chi connectivity index (χ4n) is 2.80. The smallest absolute Gasteiger partial charge is 0.335 e. The largest absolute Gasteiger partial charge is 0.478 e. The SMILES string of the molecule is CCC1(C(=O)Nc2cc(C(=O)O)ccc2Cl)CCCC1. The lowest BCUT2D eigenvalue weighted by molar-refractivity contribution is -0.125. The zero-order valence-electron chi connectivity index (χ0n) is 11.4. The van der Waals surface area contributed by atoms with Crippen molar-refractivity contribution in [3.05, 3.63) is 28.8 Å². The zero-order valence-corrected chi connectivity index (χ0v) is 12.2. The van der Waals surface area contributed by atoms with Crippen LogP contribution in [-0.2, 0) is 4.79 Å². The van der Waals surface area contributed by atoms with Gasteiger partial charge in [-0.15, -0.1) is 0 Å². The van der Waals surface area contributed by atoms with Crippen LogP contribution in [0.25, 0.3) is 0 Å². The first kappa shape index (κ1) is 14.9. The normalized spacial score (nSPS) is 16.9. The minimum atomic E-state index is -1.04. The predicted molar refractivity (Wildman–Crippen MR) is 78.2 cm³/mol. The number of carboxylic acids is 1. The van der Waals surface area contributed by atoms with Gasteiger partial charge in [0.1, 0.15) is 0 Å². The van der Waals surface area contributed by atoms with Gasteiger partial charge in [0.15, 0.2) is 0 Å². The van der Waals surface area contributed by atoms with Crippen molar-refractivity contribution >= 4 is 29.2 Å². The zero-order chi connectivity index (χ0) is 14.8. The van der Waals surface area contributed by atoms with Gasteiger partial charge in [-0.2, -0.15) is 0 Å². The minimum absolute atomic E-state index is 0.0538. The Labute approximate surface area is 123 Å². The number of halogens is 1. The monoisotopic (exact) mass is 295 g/mol. The Morgan fingerprint density at radius 1 is 1.35 bits per heavy atom. The summed E-state index contributed by atoms with van der Waals surface area (Å²) >= 11 is 6.03. The molecule has 108 valence electrons. The molecule has 0 unspecified atom stereocenters. The molecule has 5 heteroatoms. The minimum Gasteiger partial charge on any atom is -0.478 e. The van der Waals surface area contributed by atoms with Crippen molar-refractivity contribution in [2.75, 3.05) is 5.32 Å². The number of hydrogen-bond donors (Lipinski definition) is 2. The molecular weight excluding hydrogens is 278 g/mol. The van der Waals surface area contributed by atoms with Crippen molar-refractivity contribution in [3.8, 4) is 0 Å². The highest BCUT2D eigenvalue weighted by molar-refractivity contribution is 6.34. The summed E-state index contributed by atoms with van der Waals surface area (Å²) in [4.78, 5) is 23.5. The van der Waals surface area contributed by atoms with Crippen LogP contribution in [0, 0.1) is 5.41 Å². The van der Waals surface area contributed by atoms with Gasteiger partial charge in [0, 0.05) is 5.41 Å². The van der Waals surface area contributed by atoms with Crippen LogP contribution >= 0.6 is 11.6 Å². The number of carbonyl (C=O) groups excluding carboxylic acids is 1. The third kappa shape index (κ3) is 2.80. The summed E-state index contributed by atoms with van der Waals surface area (Å²) in [6.45, 7) is 2.01. The van der Waals surface area contributed by atoms with E-state index in [0.29, 0.717) is 10.7 Å². The Balaban J connectivity index is 2.23. The van der Waals surface area contributed by atoms with E-state index < -0.39 is 5.97 Å². The predicted octanol–water partition coefficient (Wildman–Crippen LogP) is 3.95. The number of nitrogens with one attached hydrogen (secondary N) is 1. The average molecular weight is 296 g/mol. The van der Waals surface area contributed by atoms with Crippen molar-refractivity contribution in [1.29, 1.82) is 0 Å². The van der Waals surface area contributed by atoms with E-state index in [0.717, 1.165) is 32.1 Å². The molecule has 20 heavy (non-hydrogen) atoms. The first-order valence-electron chi connectivity index (χ1n) is 6.83. The number of aromatic carboxylic acids is 1. The van der Waals surface area contributed by atoms with Crippen molar-refractivity contribution in [3.63, 3.8) is 0 Å². The number of carboxylic acid groups (broad SMARTS) is 1. The van der Waals surface area contributed by atoms with E-state index in [1.54, 1.807) is 0 Å². The quantitative estimate of drug-likeness (QED) is 0.884. The summed E-state index contributed by atoms with van der Waals surface area (Å²) in [7, 11) is 0. The number of rotatable bonds is 4. The summed E-state index contributed by atoms with van der Waals surface area (Å²) in [6, 6.07) is 4.32. The van der Waals surface area contributed by atoms with Crippen LogP contribution in [0.1, 0.15) is 49.4 Å². The molecule has 1 aliphatic carbocycles. The first-order valence-corrected chi connectivity index (χ1v) is 7.20. The van der Waals surface area contributed by atoms with Crippen LogP contribution in [0.15, 0.2) is 18.2 Å². The third-order valence-corrected chi connectivity index (χ3v) is 4.51. The molecule has 0 atom stereocenters. The van der Waals surface area contributed by atoms with Crippen LogP contribution in [0.4, 0.5) is 5.69 Å². The van der Waals surface area contributed by atoms with E-state index >= 15 is 0 Å². The molecule has 0 bridgehead atoms. The number of hydrogen-bond acceptors (Lipinski definition) is 2. The van der Waals surface area contributed by atoms with Crippen LogP contribution in [0.2, 0.25) is 5.02 Å². The van der Waals surface area contributed by atoms with Crippen LogP contribution < -0.4 is 5.32 Å². The molecule has 1 fully saturated rings. The van der Waals surface area contributed by atoms with Gasteiger partial charge in [0.25, 0.3) is 0 Å². The molecule has 0 aromatic heterocycles. The fraction of sp³-hybridized carbons (Fsp3) is 0.467. The Hall–Kier alpha value is -1.55. The van der Waals surface area contributed by atoms with Gasteiger partial charge in [0.05, 0.1) is 16.3 Å². The molecule has 2 rings (SSSR count). The second-order valence-electron chi connectivity index (χ2n) is 5.29. The fourth-order valence-corrected chi connectivity index (χ4v) is 2.97. The van der Waals surface area contributed by atoms with Crippen LogP contribution in [0.3, 0.4) is 0 Å². The average Bonchev–Trinajstić information content (AvgIpc) is 2.91. The Kier molecular flexibility index (Phi) is 4.33. The molecule has 1 aliphatic rings. The first-order chi connectivity index (χ1) is 9.48. The summed E-state index contributed by atoms with van der Waals surface area (Å²) in [6.07, 6.45) is 4.67. The molecule has 1 aromatic rings. The van der Waals surface area contributed by atoms with Crippen molar-refractivity contribution < 1.29 is 14.7 Å². The van der Waals surface area contributed by atoms with Crippen molar-refractivity contribution in [2.24, 2.45) is 5.41 Å². The lowest BCUT2D eigenvalue weighted by atomic mass is 9.82. The lowest BCUT2D eigenvalue weighted by Gasteiger charge is -2.26. The third-order valence-electron chi connectivity index (χ3n) is 4.18. The maximum Gasteiger partial charge on any atom is 0.335 e. The van der Waals surface area contributed by atoms with E-state index in [1.807, 2.05) is 6.92 Å². The van der Waals surface area contributed by atoms with Gasteiger partial charge in [-0.05, 0) is 37.5 Å². The van der Waals surface area contributed by atoms with Crippen molar-refractivity contribution in [1.82, 2.24) is 0 Å². The lowest BCUT2D eigenvalue weighted by Crippen LogP contribution is -2.33. The van der Waals surface area contributed by atoms with Crippen molar-refractivity contribution in [2.45, 2.75) is 39.0 Å². The summed E-state index contributed by atoms with van der Waals surface area (Å²) < 4.78 is 0. The van der Waals surface area contributed by atoms with Gasteiger partial charge in [0.2, 0.25) is 5.91 Å². The Bertz CT molecular complexity index is 536.